The van der Waals surface area contributed by atoms with Crippen molar-refractivity contribution in [2.75, 3.05) is 12.8 Å². The molecule has 6 heteroatoms. The highest BCUT2D eigenvalue weighted by molar-refractivity contribution is 7.90. The van der Waals surface area contributed by atoms with Gasteiger partial charge in [0, 0.05) is 36.4 Å². The number of nitrogens with one attached hydrogen (secondary N) is 1. The highest BCUT2D eigenvalue weighted by Gasteiger charge is 2.26. The van der Waals surface area contributed by atoms with Gasteiger partial charge in [-0.1, -0.05) is 24.3 Å². The number of amides is 1. The molecule has 0 bridgehead atoms. The van der Waals surface area contributed by atoms with E-state index in [1.165, 1.54) is 17.2 Å². The second-order valence-electron chi connectivity index (χ2n) is 7.27. The van der Waals surface area contributed by atoms with Crippen LogP contribution in [0.3, 0.4) is 0 Å². The van der Waals surface area contributed by atoms with E-state index in [0.717, 1.165) is 29.6 Å². The lowest BCUT2D eigenvalue weighted by Crippen LogP contribution is -2.17. The normalized spacial score (nSPS) is 17.4. The summed E-state index contributed by atoms with van der Waals surface area (Å²) in [6.45, 7) is 3.45. The summed E-state index contributed by atoms with van der Waals surface area (Å²) in [5.74, 6) is 0.0210. The fourth-order valence-corrected chi connectivity index (χ4v) is 4.42. The Hall–Kier alpha value is -2.60. The molecule has 1 atom stereocenters. The van der Waals surface area contributed by atoms with Crippen LogP contribution in [-0.4, -0.2) is 31.7 Å². The Morgan fingerprint density at radius 1 is 1.15 bits per heavy atom. The Morgan fingerprint density at radius 3 is 2.52 bits per heavy atom. The number of rotatable bonds is 4. The van der Waals surface area contributed by atoms with E-state index in [4.69, 9.17) is 0 Å². The number of aromatic nitrogens is 1. The highest BCUT2D eigenvalue weighted by Crippen LogP contribution is 2.29. The maximum absolute atomic E-state index is 12.0. The van der Waals surface area contributed by atoms with Crippen LogP contribution >= 0.6 is 0 Å². The van der Waals surface area contributed by atoms with Crippen LogP contribution in [0, 0.1) is 6.92 Å². The molecule has 1 fully saturated rings. The van der Waals surface area contributed by atoms with Crippen molar-refractivity contribution >= 4 is 26.6 Å². The Balaban J connectivity index is 1.70. The minimum Gasteiger partial charge on any atom is -0.356 e. The lowest BCUT2D eigenvalue weighted by molar-refractivity contribution is -0.120. The number of sulfone groups is 1. The van der Waals surface area contributed by atoms with Gasteiger partial charge < -0.3 is 9.88 Å². The zero-order valence-electron chi connectivity index (χ0n) is 15.4. The van der Waals surface area contributed by atoms with E-state index < -0.39 is 9.84 Å². The molecule has 0 radical (unpaired) electrons. The van der Waals surface area contributed by atoms with Crippen LogP contribution in [0.4, 0.5) is 0 Å². The molecule has 1 aliphatic rings. The number of fused-ring (bicyclic) bond motifs is 1. The quantitative estimate of drug-likeness (QED) is 0.754. The summed E-state index contributed by atoms with van der Waals surface area (Å²) in [5, 5.41) is 4.07. The van der Waals surface area contributed by atoms with E-state index in [-0.39, 0.29) is 11.8 Å². The number of nitrogens with zero attached hydrogens (tertiary/aromatic N) is 1. The first-order valence-electron chi connectivity index (χ1n) is 8.99. The summed E-state index contributed by atoms with van der Waals surface area (Å²) in [5.41, 5.74) is 4.35. The molecule has 0 spiro atoms. The van der Waals surface area contributed by atoms with Crippen LogP contribution in [0.5, 0.6) is 0 Å². The summed E-state index contributed by atoms with van der Waals surface area (Å²) in [6.07, 6.45) is 4.15. The highest BCUT2D eigenvalue weighted by atomic mass is 32.2. The molecule has 1 N–H and O–H groups in total. The summed E-state index contributed by atoms with van der Waals surface area (Å²) >= 11 is 0. The van der Waals surface area contributed by atoms with Crippen molar-refractivity contribution in [3.8, 4) is 0 Å². The van der Waals surface area contributed by atoms with E-state index in [2.05, 4.69) is 41.2 Å². The molecular weight excluding hydrogens is 360 g/mol. The van der Waals surface area contributed by atoms with Gasteiger partial charge in [0.1, 0.15) is 0 Å². The Bertz CT molecular complexity index is 1130. The third-order valence-corrected chi connectivity index (χ3v) is 6.39. The van der Waals surface area contributed by atoms with Gasteiger partial charge in [-0.25, -0.2) is 8.42 Å². The van der Waals surface area contributed by atoms with E-state index >= 15 is 0 Å². The molecule has 1 aliphatic heterocycles. The van der Waals surface area contributed by atoms with Crippen LogP contribution in [0.25, 0.3) is 10.9 Å². The van der Waals surface area contributed by atoms with Gasteiger partial charge in [0.15, 0.2) is 9.84 Å². The lowest BCUT2D eigenvalue weighted by Gasteiger charge is -2.10. The first-order valence-corrected chi connectivity index (χ1v) is 10.9. The van der Waals surface area contributed by atoms with Crippen LogP contribution < -0.4 is 5.32 Å². The molecule has 1 saturated heterocycles. The van der Waals surface area contributed by atoms with Crippen molar-refractivity contribution in [2.24, 2.45) is 0 Å². The summed E-state index contributed by atoms with van der Waals surface area (Å²) in [6, 6.07) is 13.3. The predicted molar refractivity (Wildman–Crippen MR) is 106 cm³/mol. The first kappa shape index (κ1) is 17.8. The van der Waals surface area contributed by atoms with Crippen molar-refractivity contribution in [1.82, 2.24) is 9.88 Å². The Morgan fingerprint density at radius 2 is 1.89 bits per heavy atom. The third-order valence-electron chi connectivity index (χ3n) is 5.26. The van der Waals surface area contributed by atoms with Crippen molar-refractivity contribution in [3.63, 3.8) is 0 Å². The molecule has 2 heterocycles. The second kappa shape index (κ2) is 6.53. The molecule has 27 heavy (non-hydrogen) atoms. The van der Waals surface area contributed by atoms with Crippen LogP contribution in [-0.2, 0) is 21.2 Å². The predicted octanol–water partition coefficient (Wildman–Crippen LogP) is 3.01. The molecule has 4 rings (SSSR count). The van der Waals surface area contributed by atoms with Crippen LogP contribution in [0.15, 0.2) is 53.6 Å². The van der Waals surface area contributed by atoms with Gasteiger partial charge in [-0.2, -0.15) is 0 Å². The van der Waals surface area contributed by atoms with E-state index in [1.54, 1.807) is 12.1 Å². The zero-order valence-corrected chi connectivity index (χ0v) is 16.2. The molecule has 0 saturated carbocycles. The molecular formula is C21H22N2O3S. The summed E-state index contributed by atoms with van der Waals surface area (Å²) in [7, 11) is -3.19. The smallest absolute Gasteiger partial charge is 0.227 e. The molecule has 3 aromatic rings. The largest absolute Gasteiger partial charge is 0.356 e. The van der Waals surface area contributed by atoms with Crippen molar-refractivity contribution in [1.29, 1.82) is 0 Å². The van der Waals surface area contributed by atoms with Crippen LogP contribution in [0.1, 0.15) is 29.0 Å². The lowest BCUT2D eigenvalue weighted by atomic mass is 9.96. The SMILES string of the molecule is Cc1cn(Cc2ccc(S(C)(=O)=O)cc2)c2cc(C3CCNC3=O)ccc12. The van der Waals surface area contributed by atoms with Gasteiger partial charge in [0.05, 0.1) is 10.8 Å². The molecule has 1 aromatic heterocycles. The molecule has 140 valence electrons. The average Bonchev–Trinajstić information content (AvgIpc) is 3.18. The van der Waals surface area contributed by atoms with E-state index in [1.807, 2.05) is 12.1 Å². The number of carbonyl (C=O) groups excluding carboxylic acids is 1. The van der Waals surface area contributed by atoms with Gasteiger partial charge in [-0.3, -0.25) is 4.79 Å². The monoisotopic (exact) mass is 382 g/mol. The molecule has 0 aliphatic carbocycles. The fraction of sp³-hybridized carbons (Fsp3) is 0.286. The van der Waals surface area contributed by atoms with Gasteiger partial charge >= 0.3 is 0 Å². The topological polar surface area (TPSA) is 68.2 Å². The molecule has 1 amide bonds. The number of hydrogen-bond acceptors (Lipinski definition) is 3. The van der Waals surface area contributed by atoms with Gasteiger partial charge in [0.2, 0.25) is 5.91 Å². The molecule has 1 unspecified atom stereocenters. The minimum atomic E-state index is -3.19. The number of carbonyl (C=O) groups is 1. The molecule has 2 aromatic carbocycles. The molecule has 5 nitrogen and oxygen atoms in total. The third kappa shape index (κ3) is 3.37. The van der Waals surface area contributed by atoms with Crippen LogP contribution in [0.2, 0.25) is 0 Å². The average molecular weight is 382 g/mol. The standard InChI is InChI=1S/C21H22N2O3S/c1-14-12-23(13-15-3-6-17(7-4-15)27(2,25)26)20-11-16(5-8-18(14)20)19-9-10-22-21(19)24/h3-8,11-12,19H,9-10,13H2,1-2H3,(H,22,24). The minimum absolute atomic E-state index is 0.0768. The number of aryl methyl sites for hydroxylation is 1. The first-order chi connectivity index (χ1) is 12.8. The zero-order chi connectivity index (χ0) is 19.2. The van der Waals surface area contributed by atoms with E-state index in [0.29, 0.717) is 11.4 Å². The second-order valence-corrected chi connectivity index (χ2v) is 9.28. The van der Waals surface area contributed by atoms with Crippen molar-refractivity contribution < 1.29 is 13.2 Å². The Kier molecular flexibility index (Phi) is 4.30. The van der Waals surface area contributed by atoms with Gasteiger partial charge in [-0.15, -0.1) is 0 Å². The fourth-order valence-electron chi connectivity index (χ4n) is 3.79. The van der Waals surface area contributed by atoms with Crippen molar-refractivity contribution in [3.05, 3.63) is 65.4 Å². The number of hydrogen-bond donors (Lipinski definition) is 1. The maximum Gasteiger partial charge on any atom is 0.227 e. The summed E-state index contributed by atoms with van der Waals surface area (Å²) < 4.78 is 25.4. The number of benzene rings is 2. The van der Waals surface area contributed by atoms with Crippen molar-refractivity contribution in [2.45, 2.75) is 30.7 Å². The van der Waals surface area contributed by atoms with E-state index in [9.17, 15) is 13.2 Å². The summed E-state index contributed by atoms with van der Waals surface area (Å²) in [4.78, 5) is 12.4. The van der Waals surface area contributed by atoms with Gasteiger partial charge in [0.25, 0.3) is 0 Å². The Labute approximate surface area is 158 Å². The maximum atomic E-state index is 12.0. The van der Waals surface area contributed by atoms with Gasteiger partial charge in [-0.05, 0) is 48.2 Å².